The molecule has 0 saturated carbocycles. The van der Waals surface area contributed by atoms with E-state index in [1.54, 1.807) is 6.07 Å². The van der Waals surface area contributed by atoms with E-state index in [-0.39, 0.29) is 17.7 Å². The Kier molecular flexibility index (Phi) is 7.26. The number of anilines is 1. The van der Waals surface area contributed by atoms with Gasteiger partial charge in [0.2, 0.25) is 5.91 Å². The Bertz CT molecular complexity index is 1160. The van der Waals surface area contributed by atoms with E-state index in [0.29, 0.717) is 12.1 Å². The van der Waals surface area contributed by atoms with E-state index >= 15 is 0 Å². The Morgan fingerprint density at radius 2 is 1.74 bits per heavy atom. The van der Waals surface area contributed by atoms with Crippen molar-refractivity contribution in [2.75, 3.05) is 11.4 Å². The molecule has 1 unspecified atom stereocenters. The van der Waals surface area contributed by atoms with Crippen molar-refractivity contribution in [2.45, 2.75) is 46.3 Å². The first-order valence-corrected chi connectivity index (χ1v) is 11.8. The van der Waals surface area contributed by atoms with Crippen LogP contribution < -0.4 is 15.5 Å². The number of nitrogens with one attached hydrogen (secondary N) is 2. The molecule has 6 heteroatoms. The Morgan fingerprint density at radius 3 is 2.44 bits per heavy atom. The second-order valence-corrected chi connectivity index (χ2v) is 9.19. The molecular weight excluding hydrogens is 424 g/mol. The van der Waals surface area contributed by atoms with Gasteiger partial charge in [0, 0.05) is 31.4 Å². The van der Waals surface area contributed by atoms with Gasteiger partial charge < -0.3 is 15.5 Å². The maximum Gasteiger partial charge on any atom is 0.252 e. The van der Waals surface area contributed by atoms with Crippen molar-refractivity contribution in [3.05, 3.63) is 94.7 Å². The highest BCUT2D eigenvalue weighted by molar-refractivity contribution is 5.98. The van der Waals surface area contributed by atoms with Gasteiger partial charge in [0.1, 0.15) is 11.9 Å². The van der Waals surface area contributed by atoms with Gasteiger partial charge in [-0.05, 0) is 53.6 Å². The number of carbonyl (C=O) groups excluding carboxylic acids is 2. The van der Waals surface area contributed by atoms with Gasteiger partial charge in [0.15, 0.2) is 0 Å². The summed E-state index contributed by atoms with van der Waals surface area (Å²) >= 11 is 0. The SMILES string of the molecule is Cc1ccccc1C(=O)NC(C(=O)NCc1ccc(N2CCc3ccccc3C2)nc1)C(C)C. The maximum atomic E-state index is 12.9. The summed E-state index contributed by atoms with van der Waals surface area (Å²) in [5, 5.41) is 5.85. The molecule has 0 fully saturated rings. The molecule has 176 valence electrons. The molecule has 1 aliphatic heterocycles. The molecule has 1 atom stereocenters. The van der Waals surface area contributed by atoms with E-state index in [1.165, 1.54) is 11.1 Å². The van der Waals surface area contributed by atoms with Gasteiger partial charge in [-0.3, -0.25) is 9.59 Å². The van der Waals surface area contributed by atoms with Crippen LogP contribution in [-0.2, 0) is 24.3 Å². The molecule has 0 bridgehead atoms. The molecule has 0 spiro atoms. The van der Waals surface area contributed by atoms with Crippen LogP contribution >= 0.6 is 0 Å². The monoisotopic (exact) mass is 456 g/mol. The number of amides is 2. The molecule has 3 aromatic rings. The summed E-state index contributed by atoms with van der Waals surface area (Å²) in [5.74, 6) is 0.459. The summed E-state index contributed by atoms with van der Waals surface area (Å²) in [7, 11) is 0. The zero-order valence-electron chi connectivity index (χ0n) is 20.0. The maximum absolute atomic E-state index is 12.9. The van der Waals surface area contributed by atoms with Gasteiger partial charge in [-0.1, -0.05) is 62.4 Å². The molecular formula is C28H32N4O2. The highest BCUT2D eigenvalue weighted by Gasteiger charge is 2.25. The third-order valence-corrected chi connectivity index (χ3v) is 6.36. The second-order valence-electron chi connectivity index (χ2n) is 9.19. The summed E-state index contributed by atoms with van der Waals surface area (Å²) in [5.41, 5.74) is 5.14. The molecule has 34 heavy (non-hydrogen) atoms. The molecule has 2 heterocycles. The minimum absolute atomic E-state index is 0.0459. The van der Waals surface area contributed by atoms with Crippen molar-refractivity contribution in [2.24, 2.45) is 5.92 Å². The lowest BCUT2D eigenvalue weighted by Gasteiger charge is -2.29. The molecule has 0 saturated heterocycles. The minimum Gasteiger partial charge on any atom is -0.352 e. The number of nitrogens with zero attached hydrogens (tertiary/aromatic N) is 2. The lowest BCUT2D eigenvalue weighted by Crippen LogP contribution is -2.49. The average Bonchev–Trinajstić information content (AvgIpc) is 2.85. The highest BCUT2D eigenvalue weighted by Crippen LogP contribution is 2.23. The Balaban J connectivity index is 1.34. The van der Waals surface area contributed by atoms with Gasteiger partial charge in [0.05, 0.1) is 0 Å². The number of fused-ring (bicyclic) bond motifs is 1. The summed E-state index contributed by atoms with van der Waals surface area (Å²) in [6, 6.07) is 19.3. The molecule has 0 aliphatic carbocycles. The first-order valence-electron chi connectivity index (χ1n) is 11.8. The topological polar surface area (TPSA) is 74.3 Å². The summed E-state index contributed by atoms with van der Waals surface area (Å²) in [6.07, 6.45) is 2.83. The van der Waals surface area contributed by atoms with Gasteiger partial charge in [-0.2, -0.15) is 0 Å². The number of aryl methyl sites for hydroxylation is 1. The first-order chi connectivity index (χ1) is 16.4. The van der Waals surface area contributed by atoms with Crippen LogP contribution in [0.15, 0.2) is 66.9 Å². The average molecular weight is 457 g/mol. The van der Waals surface area contributed by atoms with Crippen LogP contribution in [0.2, 0.25) is 0 Å². The summed E-state index contributed by atoms with van der Waals surface area (Å²) < 4.78 is 0. The van der Waals surface area contributed by atoms with E-state index in [0.717, 1.165) is 36.5 Å². The second kappa shape index (κ2) is 10.5. The minimum atomic E-state index is -0.618. The lowest BCUT2D eigenvalue weighted by atomic mass is 10.00. The molecule has 1 aromatic heterocycles. The van der Waals surface area contributed by atoms with Crippen LogP contribution in [0, 0.1) is 12.8 Å². The van der Waals surface area contributed by atoms with Crippen molar-refractivity contribution in [1.82, 2.24) is 15.6 Å². The third kappa shape index (κ3) is 5.45. The van der Waals surface area contributed by atoms with Crippen molar-refractivity contribution in [3.63, 3.8) is 0 Å². The number of benzene rings is 2. The van der Waals surface area contributed by atoms with Gasteiger partial charge >= 0.3 is 0 Å². The molecule has 1 aliphatic rings. The Labute approximate surface area is 201 Å². The zero-order valence-corrected chi connectivity index (χ0v) is 20.0. The van der Waals surface area contributed by atoms with Gasteiger partial charge in [0.25, 0.3) is 5.91 Å². The quantitative estimate of drug-likeness (QED) is 0.563. The fraction of sp³-hybridized carbons (Fsp3) is 0.321. The van der Waals surface area contributed by atoms with Crippen molar-refractivity contribution in [3.8, 4) is 0 Å². The zero-order chi connectivity index (χ0) is 24.1. The molecule has 6 nitrogen and oxygen atoms in total. The van der Waals surface area contributed by atoms with Crippen molar-refractivity contribution < 1.29 is 9.59 Å². The molecule has 2 N–H and O–H groups in total. The standard InChI is InChI=1S/C28H32N4O2/c1-19(2)26(31-27(33)24-11-7-4-8-20(24)3)28(34)30-17-21-12-13-25(29-16-21)32-15-14-22-9-5-6-10-23(22)18-32/h4-13,16,19,26H,14-15,17-18H2,1-3H3,(H,30,34)(H,31,33). The number of pyridine rings is 1. The molecule has 2 amide bonds. The molecule has 0 radical (unpaired) electrons. The normalized spacial score (nSPS) is 13.8. The van der Waals surface area contributed by atoms with E-state index in [1.807, 2.05) is 57.3 Å². The van der Waals surface area contributed by atoms with Crippen LogP contribution in [0.4, 0.5) is 5.82 Å². The first kappa shape index (κ1) is 23.5. The van der Waals surface area contributed by atoms with Crippen LogP contribution in [0.1, 0.15) is 46.5 Å². The predicted octanol–water partition coefficient (Wildman–Crippen LogP) is 4.02. The summed E-state index contributed by atoms with van der Waals surface area (Å²) in [4.78, 5) is 32.5. The third-order valence-electron chi connectivity index (χ3n) is 6.36. The summed E-state index contributed by atoms with van der Waals surface area (Å²) in [6.45, 7) is 7.90. The van der Waals surface area contributed by atoms with Crippen molar-refractivity contribution in [1.29, 1.82) is 0 Å². The highest BCUT2D eigenvalue weighted by atomic mass is 16.2. The largest absolute Gasteiger partial charge is 0.352 e. The van der Waals surface area contributed by atoms with E-state index in [4.69, 9.17) is 0 Å². The number of hydrogen-bond acceptors (Lipinski definition) is 4. The fourth-order valence-electron chi connectivity index (χ4n) is 4.28. The lowest BCUT2D eigenvalue weighted by molar-refractivity contribution is -0.124. The number of hydrogen-bond donors (Lipinski definition) is 2. The Hall–Kier alpha value is -3.67. The van der Waals surface area contributed by atoms with E-state index in [9.17, 15) is 9.59 Å². The molecule has 4 rings (SSSR count). The number of aromatic nitrogens is 1. The Morgan fingerprint density at radius 1 is 1.00 bits per heavy atom. The van der Waals surface area contributed by atoms with Crippen LogP contribution in [0.5, 0.6) is 0 Å². The van der Waals surface area contributed by atoms with Crippen LogP contribution in [-0.4, -0.2) is 29.4 Å². The van der Waals surface area contributed by atoms with Crippen LogP contribution in [0.25, 0.3) is 0 Å². The fourth-order valence-corrected chi connectivity index (χ4v) is 4.28. The van der Waals surface area contributed by atoms with E-state index < -0.39 is 6.04 Å². The van der Waals surface area contributed by atoms with Gasteiger partial charge in [-0.15, -0.1) is 0 Å². The smallest absolute Gasteiger partial charge is 0.252 e. The number of carbonyl (C=O) groups is 2. The number of rotatable bonds is 7. The predicted molar refractivity (Wildman–Crippen MR) is 135 cm³/mol. The molecule has 2 aromatic carbocycles. The van der Waals surface area contributed by atoms with Crippen LogP contribution in [0.3, 0.4) is 0 Å². The van der Waals surface area contributed by atoms with Gasteiger partial charge in [-0.25, -0.2) is 4.98 Å². The van der Waals surface area contributed by atoms with E-state index in [2.05, 4.69) is 44.8 Å². The van der Waals surface area contributed by atoms with Crippen molar-refractivity contribution >= 4 is 17.6 Å².